The Morgan fingerprint density at radius 3 is 2.46 bits per heavy atom. The maximum Gasteiger partial charge on any atom is 0.416 e. The Balaban J connectivity index is 1.79. The molecule has 1 aliphatic heterocycles. The van der Waals surface area contributed by atoms with Gasteiger partial charge in [0.05, 0.1) is 11.6 Å². The van der Waals surface area contributed by atoms with Crippen LogP contribution < -0.4 is 10.6 Å². The van der Waals surface area contributed by atoms with Crippen LogP contribution in [0.3, 0.4) is 0 Å². The second-order valence-corrected chi connectivity index (χ2v) is 8.80. The first-order valence-corrected chi connectivity index (χ1v) is 9.21. The van der Waals surface area contributed by atoms with Crippen molar-refractivity contribution in [3.8, 4) is 0 Å². The number of hydrogen-bond acceptors (Lipinski definition) is 2. The van der Waals surface area contributed by atoms with E-state index in [1.807, 2.05) is 20.8 Å². The second-order valence-electron chi connectivity index (χ2n) is 8.80. The first-order chi connectivity index (χ1) is 12.0. The van der Waals surface area contributed by atoms with Crippen LogP contribution in [0.25, 0.3) is 0 Å². The van der Waals surface area contributed by atoms with Crippen LogP contribution in [0.15, 0.2) is 24.3 Å². The van der Waals surface area contributed by atoms with E-state index in [0.29, 0.717) is 5.56 Å². The predicted molar refractivity (Wildman–Crippen MR) is 94.4 cm³/mol. The van der Waals surface area contributed by atoms with Crippen molar-refractivity contribution in [1.82, 2.24) is 10.6 Å². The molecule has 3 rings (SSSR count). The minimum Gasteiger partial charge on any atom is -0.349 e. The molecule has 2 atom stereocenters. The molecule has 1 heterocycles. The summed E-state index contributed by atoms with van der Waals surface area (Å²) in [5.74, 6) is -0.0375. The number of nitrogens with one attached hydrogen (secondary N) is 2. The molecule has 0 aromatic heterocycles. The van der Waals surface area contributed by atoms with Crippen LogP contribution in [-0.4, -0.2) is 19.0 Å². The van der Waals surface area contributed by atoms with Gasteiger partial charge in [-0.05, 0) is 60.9 Å². The van der Waals surface area contributed by atoms with Crippen LogP contribution in [0.5, 0.6) is 0 Å². The Labute approximate surface area is 152 Å². The second kappa shape index (κ2) is 6.55. The summed E-state index contributed by atoms with van der Waals surface area (Å²) in [4.78, 5) is 12.8. The van der Waals surface area contributed by atoms with Crippen LogP contribution in [0.1, 0.15) is 57.2 Å². The molecular weight excluding hydrogens is 341 g/mol. The highest BCUT2D eigenvalue weighted by molar-refractivity contribution is 5.83. The molecule has 1 spiro atoms. The Kier molecular flexibility index (Phi) is 4.84. The van der Waals surface area contributed by atoms with Gasteiger partial charge in [-0.3, -0.25) is 4.79 Å². The molecule has 1 saturated carbocycles. The Morgan fingerprint density at radius 2 is 1.88 bits per heavy atom. The minimum atomic E-state index is -4.39. The Bertz CT molecular complexity index is 672. The lowest BCUT2D eigenvalue weighted by atomic mass is 9.81. The van der Waals surface area contributed by atoms with Gasteiger partial charge in [0.15, 0.2) is 0 Å². The Morgan fingerprint density at radius 1 is 1.23 bits per heavy atom. The lowest BCUT2D eigenvalue weighted by molar-refractivity contribution is -0.137. The normalized spacial score (nSPS) is 23.5. The first kappa shape index (κ1) is 19.2. The van der Waals surface area contributed by atoms with Gasteiger partial charge in [0.1, 0.15) is 0 Å². The highest BCUT2D eigenvalue weighted by Crippen LogP contribution is 2.58. The van der Waals surface area contributed by atoms with Gasteiger partial charge in [-0.25, -0.2) is 0 Å². The summed E-state index contributed by atoms with van der Waals surface area (Å²) in [7, 11) is 0. The number of carbonyl (C=O) groups is 1. The number of amides is 1. The third-order valence-corrected chi connectivity index (χ3v) is 5.81. The van der Waals surface area contributed by atoms with E-state index >= 15 is 0 Å². The van der Waals surface area contributed by atoms with Gasteiger partial charge in [0.25, 0.3) is 0 Å². The maximum atomic E-state index is 13.1. The fraction of sp³-hybridized carbons (Fsp3) is 0.650. The highest BCUT2D eigenvalue weighted by Gasteiger charge is 2.58. The largest absolute Gasteiger partial charge is 0.416 e. The summed E-state index contributed by atoms with van der Waals surface area (Å²) >= 11 is 0. The molecule has 2 N–H and O–H groups in total. The minimum absolute atomic E-state index is 0.0137. The fourth-order valence-corrected chi connectivity index (χ4v) is 4.13. The van der Waals surface area contributed by atoms with Crippen molar-refractivity contribution in [2.75, 3.05) is 13.1 Å². The predicted octanol–water partition coefficient (Wildman–Crippen LogP) is 4.30. The summed E-state index contributed by atoms with van der Waals surface area (Å²) in [5.41, 5.74) is -0.470. The molecule has 6 heteroatoms. The van der Waals surface area contributed by atoms with Gasteiger partial charge in [-0.2, -0.15) is 13.2 Å². The molecule has 3 nitrogen and oxygen atoms in total. The number of halogens is 3. The zero-order valence-corrected chi connectivity index (χ0v) is 15.5. The van der Waals surface area contributed by atoms with Crippen LogP contribution in [0.2, 0.25) is 0 Å². The lowest BCUT2D eigenvalue weighted by Gasteiger charge is -2.33. The van der Waals surface area contributed by atoms with Gasteiger partial charge in [-0.15, -0.1) is 0 Å². The summed E-state index contributed by atoms with van der Waals surface area (Å²) in [5, 5.41) is 6.37. The third-order valence-electron chi connectivity index (χ3n) is 5.81. The maximum absolute atomic E-state index is 13.1. The molecule has 1 aromatic rings. The standard InChI is InChI=1S/C20H27F3N2O/c1-18(2,3)16(13-5-4-6-14(11-13)20(21,22)23)25-17(26)15-12-19(15)7-9-24-10-8-19/h4-6,11,15-16,24H,7-10,12H2,1-3H3,(H,25,26). The molecule has 1 amide bonds. The average molecular weight is 368 g/mol. The van der Waals surface area contributed by atoms with Gasteiger partial charge < -0.3 is 10.6 Å². The smallest absolute Gasteiger partial charge is 0.349 e. The molecule has 2 aliphatic rings. The van der Waals surface area contributed by atoms with Crippen molar-refractivity contribution in [2.24, 2.45) is 16.7 Å². The fourth-order valence-electron chi connectivity index (χ4n) is 4.13. The summed E-state index contributed by atoms with van der Waals surface area (Å²) < 4.78 is 39.2. The molecule has 1 aromatic carbocycles. The molecule has 1 saturated heterocycles. The number of piperidine rings is 1. The SMILES string of the molecule is CC(C)(C)C(NC(=O)C1CC12CCNCC2)c1cccc(C(F)(F)F)c1. The lowest BCUT2D eigenvalue weighted by Crippen LogP contribution is -2.39. The number of hydrogen-bond donors (Lipinski definition) is 2. The molecule has 2 unspecified atom stereocenters. The van der Waals surface area contributed by atoms with E-state index < -0.39 is 23.2 Å². The third kappa shape index (κ3) is 3.90. The number of rotatable bonds is 3. The molecule has 144 valence electrons. The first-order valence-electron chi connectivity index (χ1n) is 9.21. The van der Waals surface area contributed by atoms with E-state index in [1.165, 1.54) is 6.07 Å². The van der Waals surface area contributed by atoms with Crippen LogP contribution in [0, 0.1) is 16.7 Å². The van der Waals surface area contributed by atoms with E-state index in [4.69, 9.17) is 0 Å². The topological polar surface area (TPSA) is 41.1 Å². The monoisotopic (exact) mass is 368 g/mol. The van der Waals surface area contributed by atoms with E-state index in [-0.39, 0.29) is 17.2 Å². The van der Waals surface area contributed by atoms with E-state index in [1.54, 1.807) is 6.07 Å². The zero-order valence-electron chi connectivity index (χ0n) is 15.5. The van der Waals surface area contributed by atoms with Gasteiger partial charge >= 0.3 is 6.18 Å². The molecular formula is C20H27F3N2O. The quantitative estimate of drug-likeness (QED) is 0.835. The Hall–Kier alpha value is -1.56. The molecule has 0 bridgehead atoms. The van der Waals surface area contributed by atoms with Crippen LogP contribution >= 0.6 is 0 Å². The zero-order chi connectivity index (χ0) is 19.2. The van der Waals surface area contributed by atoms with E-state index in [2.05, 4.69) is 10.6 Å². The molecule has 1 aliphatic carbocycles. The van der Waals surface area contributed by atoms with E-state index in [9.17, 15) is 18.0 Å². The summed E-state index contributed by atoms with van der Waals surface area (Å²) in [6.45, 7) is 7.67. The number of benzene rings is 1. The van der Waals surface area contributed by atoms with Crippen molar-refractivity contribution in [1.29, 1.82) is 0 Å². The van der Waals surface area contributed by atoms with Crippen molar-refractivity contribution in [2.45, 2.75) is 52.3 Å². The summed E-state index contributed by atoms with van der Waals surface area (Å²) in [6, 6.07) is 4.84. The molecule has 2 fully saturated rings. The molecule has 0 radical (unpaired) electrons. The van der Waals surface area contributed by atoms with Crippen molar-refractivity contribution >= 4 is 5.91 Å². The van der Waals surface area contributed by atoms with Crippen molar-refractivity contribution in [3.63, 3.8) is 0 Å². The van der Waals surface area contributed by atoms with Crippen molar-refractivity contribution < 1.29 is 18.0 Å². The van der Waals surface area contributed by atoms with Crippen LogP contribution in [0.4, 0.5) is 13.2 Å². The van der Waals surface area contributed by atoms with Crippen molar-refractivity contribution in [3.05, 3.63) is 35.4 Å². The average Bonchev–Trinajstić information content (AvgIpc) is 3.24. The van der Waals surface area contributed by atoms with E-state index in [0.717, 1.165) is 44.5 Å². The van der Waals surface area contributed by atoms with Crippen LogP contribution in [-0.2, 0) is 11.0 Å². The number of alkyl halides is 3. The van der Waals surface area contributed by atoms with Gasteiger partial charge in [0, 0.05) is 5.92 Å². The number of carbonyl (C=O) groups excluding carboxylic acids is 1. The van der Waals surface area contributed by atoms with Gasteiger partial charge in [0.2, 0.25) is 5.91 Å². The van der Waals surface area contributed by atoms with Gasteiger partial charge in [-0.1, -0.05) is 32.9 Å². The molecule has 26 heavy (non-hydrogen) atoms. The highest BCUT2D eigenvalue weighted by atomic mass is 19.4. The summed E-state index contributed by atoms with van der Waals surface area (Å²) in [6.07, 6.45) is -1.51.